The van der Waals surface area contributed by atoms with Crippen molar-refractivity contribution in [3.05, 3.63) is 0 Å². The summed E-state index contributed by atoms with van der Waals surface area (Å²) in [6.45, 7) is 6.38. The number of hydrogen-bond donors (Lipinski definition) is 2. The molecule has 3 N–H and O–H groups in total. The molecule has 0 saturated carbocycles. The van der Waals surface area contributed by atoms with Gasteiger partial charge in [-0.05, 0) is 19.8 Å². The van der Waals surface area contributed by atoms with E-state index in [0.717, 1.165) is 12.8 Å². The predicted octanol–water partition coefficient (Wildman–Crippen LogP) is 1.07. The Morgan fingerprint density at radius 2 is 1.89 bits per heavy atom. The van der Waals surface area contributed by atoms with Crippen molar-refractivity contribution in [2.75, 3.05) is 0 Å². The van der Waals surface area contributed by atoms with E-state index in [1.807, 2.05) is 0 Å². The van der Waals surface area contributed by atoms with Crippen LogP contribution in [0.2, 0.25) is 0 Å². The fourth-order valence-corrected chi connectivity index (χ4v) is 0.601. The van der Waals surface area contributed by atoms with Crippen molar-refractivity contribution in [1.82, 2.24) is 5.32 Å². The van der Waals surface area contributed by atoms with Gasteiger partial charge < -0.3 is 5.73 Å². The highest BCUT2D eigenvalue weighted by atomic mass is 15.0. The summed E-state index contributed by atoms with van der Waals surface area (Å²) in [6, 6.07) is 0.556. The minimum Gasteiger partial charge on any atom is -0.316 e. The molecule has 0 saturated heterocycles. The molecule has 56 valence electrons. The summed E-state index contributed by atoms with van der Waals surface area (Å²) in [5, 5.41) is 3.26. The van der Waals surface area contributed by atoms with E-state index in [2.05, 4.69) is 26.1 Å². The molecule has 2 heteroatoms. The first-order chi connectivity index (χ1) is 4.20. The minimum atomic E-state index is 0.181. The van der Waals surface area contributed by atoms with Gasteiger partial charge in [-0.2, -0.15) is 0 Å². The van der Waals surface area contributed by atoms with Crippen LogP contribution in [-0.4, -0.2) is 12.2 Å². The zero-order valence-corrected chi connectivity index (χ0v) is 6.65. The molecule has 0 aliphatic rings. The molecule has 0 bridgehead atoms. The van der Waals surface area contributed by atoms with Gasteiger partial charge in [-0.15, -0.1) is 0 Å². The van der Waals surface area contributed by atoms with E-state index in [9.17, 15) is 0 Å². The second-order valence-electron chi connectivity index (χ2n) is 2.49. The van der Waals surface area contributed by atoms with Gasteiger partial charge in [0.25, 0.3) is 0 Å². The number of nitrogens with one attached hydrogen (secondary N) is 1. The summed E-state index contributed by atoms with van der Waals surface area (Å²) < 4.78 is 0. The molecule has 0 amide bonds. The van der Waals surface area contributed by atoms with Crippen LogP contribution >= 0.6 is 0 Å². The fourth-order valence-electron chi connectivity index (χ4n) is 0.601. The average molecular weight is 130 g/mol. The van der Waals surface area contributed by atoms with Gasteiger partial charge in [-0.3, -0.25) is 5.32 Å². The molecule has 9 heavy (non-hydrogen) atoms. The molecule has 0 aromatic rings. The Kier molecular flexibility index (Phi) is 4.72. The van der Waals surface area contributed by atoms with Gasteiger partial charge in [-0.1, -0.05) is 13.8 Å². The Labute approximate surface area is 57.8 Å². The quantitative estimate of drug-likeness (QED) is 0.559. The van der Waals surface area contributed by atoms with Crippen LogP contribution in [0.25, 0.3) is 0 Å². The molecule has 0 heterocycles. The second kappa shape index (κ2) is 4.77. The molecule has 2 atom stereocenters. The molecule has 2 nitrogen and oxygen atoms in total. The van der Waals surface area contributed by atoms with Crippen molar-refractivity contribution in [2.45, 2.75) is 45.8 Å². The Bertz CT molecular complexity index is 55.9. The van der Waals surface area contributed by atoms with Crippen LogP contribution < -0.4 is 11.1 Å². The minimum absolute atomic E-state index is 0.181. The lowest BCUT2D eigenvalue weighted by atomic mass is 10.2. The van der Waals surface area contributed by atoms with Crippen molar-refractivity contribution in [2.24, 2.45) is 5.73 Å². The molecule has 0 aliphatic carbocycles. The predicted molar refractivity (Wildman–Crippen MR) is 41.2 cm³/mol. The first kappa shape index (κ1) is 8.92. The van der Waals surface area contributed by atoms with Gasteiger partial charge in [0, 0.05) is 6.04 Å². The lowest BCUT2D eigenvalue weighted by Crippen LogP contribution is -2.41. The Morgan fingerprint density at radius 1 is 1.33 bits per heavy atom. The summed E-state index contributed by atoms with van der Waals surface area (Å²) in [6.07, 6.45) is 2.33. The highest BCUT2D eigenvalue weighted by Gasteiger charge is 2.01. The summed E-state index contributed by atoms with van der Waals surface area (Å²) in [4.78, 5) is 0. The van der Waals surface area contributed by atoms with Gasteiger partial charge in [0.05, 0.1) is 6.17 Å². The summed E-state index contributed by atoms with van der Waals surface area (Å²) in [5.41, 5.74) is 5.64. The molecule has 0 aliphatic heterocycles. The Balaban J connectivity index is 3.22. The topological polar surface area (TPSA) is 38.0 Å². The van der Waals surface area contributed by atoms with Crippen LogP contribution in [0.1, 0.15) is 33.6 Å². The van der Waals surface area contributed by atoms with E-state index >= 15 is 0 Å². The van der Waals surface area contributed by atoms with Crippen molar-refractivity contribution >= 4 is 0 Å². The maximum absolute atomic E-state index is 5.64. The number of rotatable bonds is 4. The van der Waals surface area contributed by atoms with Gasteiger partial charge in [0.1, 0.15) is 0 Å². The van der Waals surface area contributed by atoms with E-state index < -0.39 is 0 Å². The van der Waals surface area contributed by atoms with Gasteiger partial charge in [0.15, 0.2) is 0 Å². The van der Waals surface area contributed by atoms with E-state index in [-0.39, 0.29) is 6.17 Å². The molecular weight excluding hydrogens is 112 g/mol. The molecule has 0 aromatic heterocycles. The van der Waals surface area contributed by atoms with E-state index in [1.165, 1.54) is 0 Å². The fraction of sp³-hybridized carbons (Fsp3) is 1.00. The Hall–Kier alpha value is -0.0800. The van der Waals surface area contributed by atoms with E-state index in [1.54, 1.807) is 0 Å². The molecule has 0 rings (SSSR count). The Morgan fingerprint density at radius 3 is 2.22 bits per heavy atom. The van der Waals surface area contributed by atoms with Crippen molar-refractivity contribution in [1.29, 1.82) is 0 Å². The van der Waals surface area contributed by atoms with E-state index in [0.29, 0.717) is 6.04 Å². The molecule has 0 radical (unpaired) electrons. The summed E-state index contributed by atoms with van der Waals surface area (Å²) >= 11 is 0. The maximum Gasteiger partial charge on any atom is 0.0545 e. The lowest BCUT2D eigenvalue weighted by Gasteiger charge is -2.16. The largest absolute Gasteiger partial charge is 0.316 e. The first-order valence-corrected chi connectivity index (χ1v) is 3.72. The molecule has 2 unspecified atom stereocenters. The molecule has 0 fully saturated rings. The zero-order chi connectivity index (χ0) is 7.28. The van der Waals surface area contributed by atoms with Gasteiger partial charge in [-0.25, -0.2) is 0 Å². The van der Waals surface area contributed by atoms with Crippen LogP contribution in [0.5, 0.6) is 0 Å². The molecule has 0 aromatic carbocycles. The third kappa shape index (κ3) is 4.43. The van der Waals surface area contributed by atoms with Crippen LogP contribution in [0.4, 0.5) is 0 Å². The zero-order valence-electron chi connectivity index (χ0n) is 6.65. The third-order valence-corrected chi connectivity index (χ3v) is 1.55. The highest BCUT2D eigenvalue weighted by Crippen LogP contribution is 1.90. The maximum atomic E-state index is 5.64. The molecule has 0 spiro atoms. The standard InChI is InChI=1S/C7H18N2/c1-4-6(3)9-7(8)5-2/h6-7,9H,4-5,8H2,1-3H3. The summed E-state index contributed by atoms with van der Waals surface area (Å²) in [5.74, 6) is 0. The third-order valence-electron chi connectivity index (χ3n) is 1.55. The smallest absolute Gasteiger partial charge is 0.0545 e. The normalized spacial score (nSPS) is 17.3. The van der Waals surface area contributed by atoms with Crippen LogP contribution in [-0.2, 0) is 0 Å². The lowest BCUT2D eigenvalue weighted by molar-refractivity contribution is 0.435. The second-order valence-corrected chi connectivity index (χ2v) is 2.49. The SMILES string of the molecule is CCC(C)NC(N)CC. The monoisotopic (exact) mass is 130 g/mol. The van der Waals surface area contributed by atoms with Gasteiger partial charge in [0.2, 0.25) is 0 Å². The van der Waals surface area contributed by atoms with E-state index in [4.69, 9.17) is 5.73 Å². The number of nitrogens with two attached hydrogens (primary N) is 1. The van der Waals surface area contributed by atoms with Gasteiger partial charge >= 0.3 is 0 Å². The van der Waals surface area contributed by atoms with Crippen LogP contribution in [0, 0.1) is 0 Å². The highest BCUT2D eigenvalue weighted by molar-refractivity contribution is 4.62. The average Bonchev–Trinajstić information content (AvgIpc) is 1.87. The summed E-state index contributed by atoms with van der Waals surface area (Å²) in [7, 11) is 0. The van der Waals surface area contributed by atoms with Crippen molar-refractivity contribution in [3.8, 4) is 0 Å². The molecular formula is C7H18N2. The van der Waals surface area contributed by atoms with Crippen molar-refractivity contribution < 1.29 is 0 Å². The van der Waals surface area contributed by atoms with Crippen LogP contribution in [0.15, 0.2) is 0 Å². The van der Waals surface area contributed by atoms with Crippen LogP contribution in [0.3, 0.4) is 0 Å². The van der Waals surface area contributed by atoms with Crippen molar-refractivity contribution in [3.63, 3.8) is 0 Å². The first-order valence-electron chi connectivity index (χ1n) is 3.72. The number of hydrogen-bond acceptors (Lipinski definition) is 2.